The van der Waals surface area contributed by atoms with Gasteiger partial charge >= 0.3 is 5.97 Å². The average Bonchev–Trinajstić information content (AvgIpc) is 2.79. The molecule has 0 fully saturated rings. The van der Waals surface area contributed by atoms with Crippen LogP contribution in [0.5, 0.6) is 11.5 Å². The van der Waals surface area contributed by atoms with Gasteiger partial charge in [0.1, 0.15) is 11.5 Å². The Bertz CT molecular complexity index is 1130. The number of carbonyl (C=O) groups is 1. The normalized spacial score (nSPS) is 10.9. The molecule has 3 heteroatoms. The summed E-state index contributed by atoms with van der Waals surface area (Å²) in [7, 11) is 1.74. The summed E-state index contributed by atoms with van der Waals surface area (Å²) in [5.41, 5.74) is 12.5. The molecule has 3 aromatic rings. The van der Waals surface area contributed by atoms with Crippen molar-refractivity contribution in [3.05, 3.63) is 91.5 Å². The molecule has 0 spiro atoms. The molecule has 3 nitrogen and oxygen atoms in total. The van der Waals surface area contributed by atoms with Gasteiger partial charge < -0.3 is 9.47 Å². The van der Waals surface area contributed by atoms with Crippen molar-refractivity contribution >= 4 is 5.97 Å². The van der Waals surface area contributed by atoms with Crippen molar-refractivity contribution in [3.63, 3.8) is 0 Å². The highest BCUT2D eigenvalue weighted by Crippen LogP contribution is 2.38. The molecule has 168 valence electrons. The number of carbonyl (C=O) groups excluding carboxylic acids is 1. The lowest BCUT2D eigenvalue weighted by molar-refractivity contribution is 0.0732. The summed E-state index contributed by atoms with van der Waals surface area (Å²) >= 11 is 0. The monoisotopic (exact) mass is 430 g/mol. The van der Waals surface area contributed by atoms with Crippen LogP contribution < -0.4 is 9.47 Å². The van der Waals surface area contributed by atoms with E-state index >= 15 is 0 Å². The first-order valence-corrected chi connectivity index (χ1v) is 11.1. The number of rotatable bonds is 5. The molecule has 0 amide bonds. The Morgan fingerprint density at radius 1 is 0.625 bits per heavy atom. The van der Waals surface area contributed by atoms with Crippen LogP contribution in [0.15, 0.2) is 30.3 Å². The Kier molecular flexibility index (Phi) is 6.78. The van der Waals surface area contributed by atoms with Crippen molar-refractivity contribution in [2.45, 2.75) is 61.8 Å². The summed E-state index contributed by atoms with van der Waals surface area (Å²) in [5, 5.41) is 0. The van der Waals surface area contributed by atoms with Gasteiger partial charge in [0.25, 0.3) is 0 Å². The standard InChI is InChI=1S/C29H34O3/c1-16-20(5)27(31-9)21(6)17(2)25(16)15-26-18(3)22(7)28(23(8)19(26)4)32-29(30)24-13-11-10-12-14-24/h10-14H,15H2,1-9H3. The molecule has 0 atom stereocenters. The molecule has 0 bridgehead atoms. The second-order valence-electron chi connectivity index (χ2n) is 8.75. The Hall–Kier alpha value is -3.07. The SMILES string of the molecule is COc1c(C)c(C)c(Cc2c(C)c(C)c(OC(=O)c3ccccc3)c(C)c2C)c(C)c1C. The van der Waals surface area contributed by atoms with E-state index in [4.69, 9.17) is 9.47 Å². The summed E-state index contributed by atoms with van der Waals surface area (Å²) < 4.78 is 11.6. The number of ether oxygens (including phenoxy) is 2. The summed E-state index contributed by atoms with van der Waals surface area (Å²) in [4.78, 5) is 12.7. The predicted octanol–water partition coefficient (Wildman–Crippen LogP) is 6.97. The molecular formula is C29H34O3. The van der Waals surface area contributed by atoms with Crippen molar-refractivity contribution in [2.24, 2.45) is 0 Å². The van der Waals surface area contributed by atoms with Crippen molar-refractivity contribution < 1.29 is 14.3 Å². The minimum absolute atomic E-state index is 0.323. The largest absolute Gasteiger partial charge is 0.496 e. The number of hydrogen-bond donors (Lipinski definition) is 0. The molecule has 0 radical (unpaired) electrons. The van der Waals surface area contributed by atoms with E-state index < -0.39 is 0 Å². The fourth-order valence-electron chi connectivity index (χ4n) is 4.60. The van der Waals surface area contributed by atoms with Crippen molar-refractivity contribution in [1.82, 2.24) is 0 Å². The van der Waals surface area contributed by atoms with Crippen molar-refractivity contribution in [2.75, 3.05) is 7.11 Å². The highest BCUT2D eigenvalue weighted by Gasteiger charge is 2.22. The molecule has 0 aromatic heterocycles. The van der Waals surface area contributed by atoms with Gasteiger partial charge in [-0.2, -0.15) is 0 Å². The van der Waals surface area contributed by atoms with E-state index in [1.54, 1.807) is 19.2 Å². The second-order valence-corrected chi connectivity index (χ2v) is 8.75. The molecular weight excluding hydrogens is 396 g/mol. The molecule has 32 heavy (non-hydrogen) atoms. The van der Waals surface area contributed by atoms with E-state index in [1.807, 2.05) is 32.0 Å². The third kappa shape index (κ3) is 4.04. The average molecular weight is 431 g/mol. The van der Waals surface area contributed by atoms with E-state index in [0.29, 0.717) is 11.3 Å². The molecule has 0 heterocycles. The Morgan fingerprint density at radius 2 is 1.03 bits per heavy atom. The van der Waals surface area contributed by atoms with Crippen LogP contribution in [0.3, 0.4) is 0 Å². The number of benzene rings is 3. The quantitative estimate of drug-likeness (QED) is 0.324. The molecule has 3 rings (SSSR count). The van der Waals surface area contributed by atoms with Gasteiger partial charge in [0.15, 0.2) is 0 Å². The van der Waals surface area contributed by atoms with Gasteiger partial charge in [-0.05, 0) is 130 Å². The van der Waals surface area contributed by atoms with Gasteiger partial charge in [-0.15, -0.1) is 0 Å². The molecule has 0 aliphatic carbocycles. The summed E-state index contributed by atoms with van der Waals surface area (Å²) in [6, 6.07) is 9.14. The minimum Gasteiger partial charge on any atom is -0.496 e. The Labute approximate surface area is 192 Å². The molecule has 0 saturated heterocycles. The van der Waals surface area contributed by atoms with Gasteiger partial charge in [0.2, 0.25) is 0 Å². The highest BCUT2D eigenvalue weighted by molar-refractivity contribution is 5.91. The number of esters is 1. The van der Waals surface area contributed by atoms with Crippen molar-refractivity contribution in [1.29, 1.82) is 0 Å². The van der Waals surface area contributed by atoms with E-state index in [-0.39, 0.29) is 5.97 Å². The van der Waals surface area contributed by atoms with Gasteiger partial charge in [0.05, 0.1) is 12.7 Å². The molecule has 0 saturated carbocycles. The molecule has 0 aliphatic heterocycles. The van der Waals surface area contributed by atoms with Crippen LogP contribution in [-0.4, -0.2) is 13.1 Å². The third-order valence-electron chi connectivity index (χ3n) is 7.18. The first-order chi connectivity index (χ1) is 15.1. The van der Waals surface area contributed by atoms with Gasteiger partial charge in [-0.25, -0.2) is 4.79 Å². The molecule has 0 N–H and O–H groups in total. The van der Waals surface area contributed by atoms with Crippen LogP contribution in [-0.2, 0) is 6.42 Å². The summed E-state index contributed by atoms with van der Waals surface area (Å²) in [5.74, 6) is 1.33. The minimum atomic E-state index is -0.323. The maximum Gasteiger partial charge on any atom is 0.343 e. The fraction of sp³-hybridized carbons (Fsp3) is 0.345. The Morgan fingerprint density at radius 3 is 1.44 bits per heavy atom. The lowest BCUT2D eigenvalue weighted by Gasteiger charge is -2.23. The molecule has 3 aromatic carbocycles. The fourth-order valence-corrected chi connectivity index (χ4v) is 4.60. The van der Waals surface area contributed by atoms with Gasteiger partial charge in [-0.1, -0.05) is 18.2 Å². The van der Waals surface area contributed by atoms with Crippen LogP contribution >= 0.6 is 0 Å². The van der Waals surface area contributed by atoms with Crippen molar-refractivity contribution in [3.8, 4) is 11.5 Å². The predicted molar refractivity (Wildman–Crippen MR) is 132 cm³/mol. The van der Waals surface area contributed by atoms with Crippen LogP contribution in [0.4, 0.5) is 0 Å². The van der Waals surface area contributed by atoms with Crippen LogP contribution in [0, 0.1) is 55.4 Å². The van der Waals surface area contributed by atoms with E-state index in [1.165, 1.54) is 44.5 Å². The first-order valence-electron chi connectivity index (χ1n) is 11.1. The Balaban J connectivity index is 2.07. The van der Waals surface area contributed by atoms with Gasteiger partial charge in [0, 0.05) is 0 Å². The second kappa shape index (κ2) is 9.20. The third-order valence-corrected chi connectivity index (χ3v) is 7.18. The van der Waals surface area contributed by atoms with E-state index in [9.17, 15) is 4.79 Å². The highest BCUT2D eigenvalue weighted by atomic mass is 16.5. The first kappa shape index (κ1) is 23.6. The zero-order valence-electron chi connectivity index (χ0n) is 20.8. The molecule has 0 aliphatic rings. The van der Waals surface area contributed by atoms with E-state index in [0.717, 1.165) is 23.3 Å². The van der Waals surface area contributed by atoms with Crippen LogP contribution in [0.1, 0.15) is 66.0 Å². The van der Waals surface area contributed by atoms with Gasteiger partial charge in [-0.3, -0.25) is 0 Å². The van der Waals surface area contributed by atoms with Crippen LogP contribution in [0.25, 0.3) is 0 Å². The van der Waals surface area contributed by atoms with E-state index in [2.05, 4.69) is 41.5 Å². The smallest absolute Gasteiger partial charge is 0.343 e. The lowest BCUT2D eigenvalue weighted by Crippen LogP contribution is -2.13. The number of hydrogen-bond acceptors (Lipinski definition) is 3. The zero-order valence-corrected chi connectivity index (χ0v) is 20.8. The zero-order chi connectivity index (χ0) is 23.7. The topological polar surface area (TPSA) is 35.5 Å². The molecule has 0 unspecified atom stereocenters. The maximum absolute atomic E-state index is 12.7. The summed E-state index contributed by atoms with van der Waals surface area (Å²) in [6.07, 6.45) is 0.843. The number of methoxy groups -OCH3 is 1. The lowest BCUT2D eigenvalue weighted by atomic mass is 9.84. The van der Waals surface area contributed by atoms with Crippen LogP contribution in [0.2, 0.25) is 0 Å². The maximum atomic E-state index is 12.7. The summed E-state index contributed by atoms with van der Waals surface area (Å²) in [6.45, 7) is 17.0.